The summed E-state index contributed by atoms with van der Waals surface area (Å²) >= 11 is 0. The molecule has 1 saturated carbocycles. The van der Waals surface area contributed by atoms with E-state index in [1.165, 1.54) is 0 Å². The highest BCUT2D eigenvalue weighted by Gasteiger charge is 2.55. The van der Waals surface area contributed by atoms with Crippen molar-refractivity contribution in [3.05, 3.63) is 0 Å². The topological polar surface area (TPSA) is 58.6 Å². The number of amides is 2. The third-order valence-electron chi connectivity index (χ3n) is 5.01. The summed E-state index contributed by atoms with van der Waals surface area (Å²) in [6, 6.07) is 0. The first-order valence-corrected chi connectivity index (χ1v) is 7.64. The Kier molecular flexibility index (Phi) is 4.37. The second-order valence-corrected chi connectivity index (χ2v) is 6.17. The van der Waals surface area contributed by atoms with E-state index in [2.05, 4.69) is 5.32 Å². The van der Waals surface area contributed by atoms with Gasteiger partial charge in [0.1, 0.15) is 11.1 Å². The van der Waals surface area contributed by atoms with Gasteiger partial charge in [-0.15, -0.1) is 0 Å². The molecular formula is C15H26N2O3. The van der Waals surface area contributed by atoms with Crippen LogP contribution in [0.3, 0.4) is 0 Å². The number of nitrogens with one attached hydrogen (secondary N) is 1. The Morgan fingerprint density at radius 3 is 2.45 bits per heavy atom. The summed E-state index contributed by atoms with van der Waals surface area (Å²) in [7, 11) is 1.62. The highest BCUT2D eigenvalue weighted by molar-refractivity contribution is 6.02. The molecule has 0 aromatic rings. The van der Waals surface area contributed by atoms with Crippen LogP contribution in [0.2, 0.25) is 0 Å². The van der Waals surface area contributed by atoms with E-state index in [0.29, 0.717) is 19.6 Å². The Hall–Kier alpha value is -1.10. The van der Waals surface area contributed by atoms with Crippen molar-refractivity contribution in [1.82, 2.24) is 10.2 Å². The smallest absolute Gasteiger partial charge is 0.249 e. The predicted molar refractivity (Wildman–Crippen MR) is 76.2 cm³/mol. The third-order valence-corrected chi connectivity index (χ3v) is 5.01. The molecule has 1 aliphatic heterocycles. The number of nitrogens with zero attached hydrogens (tertiary/aromatic N) is 1. The molecule has 20 heavy (non-hydrogen) atoms. The van der Waals surface area contributed by atoms with Crippen molar-refractivity contribution in [2.24, 2.45) is 0 Å². The highest BCUT2D eigenvalue weighted by atomic mass is 16.5. The summed E-state index contributed by atoms with van der Waals surface area (Å²) in [5.74, 6) is 0.0656. The van der Waals surface area contributed by atoms with E-state index in [9.17, 15) is 9.59 Å². The fourth-order valence-corrected chi connectivity index (χ4v) is 3.39. The lowest BCUT2D eigenvalue weighted by molar-refractivity contribution is -0.165. The lowest BCUT2D eigenvalue weighted by Gasteiger charge is -2.52. The summed E-state index contributed by atoms with van der Waals surface area (Å²) in [5.41, 5.74) is -1.41. The van der Waals surface area contributed by atoms with Crippen molar-refractivity contribution < 1.29 is 14.3 Å². The minimum atomic E-state index is -0.752. The molecule has 0 aromatic heterocycles. The van der Waals surface area contributed by atoms with E-state index in [1.807, 2.05) is 13.8 Å². The van der Waals surface area contributed by atoms with Gasteiger partial charge in [-0.05, 0) is 26.2 Å². The van der Waals surface area contributed by atoms with Gasteiger partial charge in [0.05, 0.1) is 6.61 Å². The van der Waals surface area contributed by atoms with Gasteiger partial charge in [0.25, 0.3) is 0 Å². The average molecular weight is 282 g/mol. The molecule has 5 nitrogen and oxygen atoms in total. The first-order valence-electron chi connectivity index (χ1n) is 7.64. The first kappa shape index (κ1) is 15.3. The van der Waals surface area contributed by atoms with Crippen molar-refractivity contribution in [3.63, 3.8) is 0 Å². The monoisotopic (exact) mass is 282 g/mol. The van der Waals surface area contributed by atoms with Crippen LogP contribution in [0.5, 0.6) is 0 Å². The molecule has 2 rings (SSSR count). The molecular weight excluding hydrogens is 256 g/mol. The number of ether oxygens (including phenoxy) is 1. The van der Waals surface area contributed by atoms with Gasteiger partial charge >= 0.3 is 0 Å². The van der Waals surface area contributed by atoms with Crippen molar-refractivity contribution in [2.75, 3.05) is 20.3 Å². The van der Waals surface area contributed by atoms with E-state index < -0.39 is 11.1 Å². The molecule has 1 heterocycles. The number of methoxy groups -OCH3 is 1. The molecule has 5 heteroatoms. The Morgan fingerprint density at radius 1 is 1.25 bits per heavy atom. The van der Waals surface area contributed by atoms with E-state index in [1.54, 1.807) is 12.0 Å². The average Bonchev–Trinajstić information content (AvgIpc) is 2.46. The standard InChI is InChI=1S/C15H26N2O3/c1-4-14(2)12(18)16-15(8-6-5-7-9-15)13(19)17(14)10-11-20-3/h4-11H2,1-3H3,(H,16,18). The summed E-state index contributed by atoms with van der Waals surface area (Å²) in [6.45, 7) is 4.75. The summed E-state index contributed by atoms with van der Waals surface area (Å²) < 4.78 is 5.12. The van der Waals surface area contributed by atoms with Crippen LogP contribution >= 0.6 is 0 Å². The second-order valence-electron chi connectivity index (χ2n) is 6.17. The molecule has 0 aromatic carbocycles. The zero-order valence-corrected chi connectivity index (χ0v) is 12.8. The Morgan fingerprint density at radius 2 is 1.90 bits per heavy atom. The minimum Gasteiger partial charge on any atom is -0.383 e. The maximum atomic E-state index is 13.0. The number of carbonyl (C=O) groups excluding carboxylic acids is 2. The second kappa shape index (κ2) is 5.72. The molecule has 114 valence electrons. The van der Waals surface area contributed by atoms with Crippen LogP contribution in [-0.2, 0) is 14.3 Å². The van der Waals surface area contributed by atoms with E-state index in [-0.39, 0.29) is 11.8 Å². The minimum absolute atomic E-state index is 0.0161. The maximum absolute atomic E-state index is 13.0. The molecule has 1 unspecified atom stereocenters. The van der Waals surface area contributed by atoms with Crippen molar-refractivity contribution >= 4 is 11.8 Å². The van der Waals surface area contributed by atoms with Crippen LogP contribution < -0.4 is 5.32 Å². The quantitative estimate of drug-likeness (QED) is 0.849. The number of hydrogen-bond donors (Lipinski definition) is 1. The van der Waals surface area contributed by atoms with Crippen LogP contribution in [0, 0.1) is 0 Å². The van der Waals surface area contributed by atoms with E-state index in [4.69, 9.17) is 4.74 Å². The van der Waals surface area contributed by atoms with Gasteiger partial charge in [0, 0.05) is 13.7 Å². The largest absolute Gasteiger partial charge is 0.383 e. The van der Waals surface area contributed by atoms with E-state index in [0.717, 1.165) is 32.1 Å². The number of piperazine rings is 1. The van der Waals surface area contributed by atoms with Crippen LogP contribution in [-0.4, -0.2) is 48.1 Å². The third kappa shape index (κ3) is 2.32. The normalized spacial score (nSPS) is 29.6. The van der Waals surface area contributed by atoms with Gasteiger partial charge in [-0.2, -0.15) is 0 Å². The molecule has 1 spiro atoms. The molecule has 2 amide bonds. The molecule has 1 atom stereocenters. The number of carbonyl (C=O) groups is 2. The molecule has 0 radical (unpaired) electrons. The summed E-state index contributed by atoms with van der Waals surface area (Å²) in [5, 5.41) is 3.06. The molecule has 1 N–H and O–H groups in total. The SMILES string of the molecule is CCC1(C)C(=O)NC2(CCCCC2)C(=O)N1CCOC. The fourth-order valence-electron chi connectivity index (χ4n) is 3.39. The van der Waals surface area contributed by atoms with Crippen LogP contribution in [0.4, 0.5) is 0 Å². The zero-order valence-electron chi connectivity index (χ0n) is 12.8. The van der Waals surface area contributed by atoms with Crippen molar-refractivity contribution in [1.29, 1.82) is 0 Å². The number of hydrogen-bond acceptors (Lipinski definition) is 3. The van der Waals surface area contributed by atoms with Crippen molar-refractivity contribution in [2.45, 2.75) is 63.5 Å². The van der Waals surface area contributed by atoms with Crippen LogP contribution in [0.1, 0.15) is 52.4 Å². The lowest BCUT2D eigenvalue weighted by Crippen LogP contribution is -2.75. The predicted octanol–water partition coefficient (Wildman–Crippen LogP) is 1.46. The zero-order chi connectivity index (χ0) is 14.8. The van der Waals surface area contributed by atoms with E-state index >= 15 is 0 Å². The molecule has 2 fully saturated rings. The molecule has 0 bridgehead atoms. The van der Waals surface area contributed by atoms with Crippen molar-refractivity contribution in [3.8, 4) is 0 Å². The highest BCUT2D eigenvalue weighted by Crippen LogP contribution is 2.37. The van der Waals surface area contributed by atoms with Crippen LogP contribution in [0.15, 0.2) is 0 Å². The number of rotatable bonds is 4. The van der Waals surface area contributed by atoms with Gasteiger partial charge < -0.3 is 15.0 Å². The molecule has 1 aliphatic carbocycles. The molecule has 2 aliphatic rings. The van der Waals surface area contributed by atoms with Gasteiger partial charge in [-0.3, -0.25) is 9.59 Å². The summed E-state index contributed by atoms with van der Waals surface area (Å²) in [6.07, 6.45) is 5.31. The van der Waals surface area contributed by atoms with Gasteiger partial charge in [0.15, 0.2) is 0 Å². The maximum Gasteiger partial charge on any atom is 0.249 e. The van der Waals surface area contributed by atoms with Gasteiger partial charge in [-0.25, -0.2) is 0 Å². The Bertz CT molecular complexity index is 391. The summed E-state index contributed by atoms with van der Waals surface area (Å²) in [4.78, 5) is 27.3. The molecule has 1 saturated heterocycles. The van der Waals surface area contributed by atoms with Gasteiger partial charge in [0.2, 0.25) is 11.8 Å². The van der Waals surface area contributed by atoms with Crippen LogP contribution in [0.25, 0.3) is 0 Å². The lowest BCUT2D eigenvalue weighted by atomic mass is 9.76. The fraction of sp³-hybridized carbons (Fsp3) is 0.867. The first-order chi connectivity index (χ1) is 9.50. The van der Waals surface area contributed by atoms with Gasteiger partial charge in [-0.1, -0.05) is 26.2 Å². The Balaban J connectivity index is 2.30. The Labute approximate surface area is 121 Å².